The van der Waals surface area contributed by atoms with Crippen LogP contribution in [-0.4, -0.2) is 39.8 Å². The molecule has 1 atom stereocenters. The average molecular weight is 360 g/mol. The van der Waals surface area contributed by atoms with Gasteiger partial charge in [-0.05, 0) is 30.5 Å². The standard InChI is InChI=1S/C16H16N4O4S/c1-9(17-14(21)11-4-3-6-24-11)16(23)20(2)8-12-18-10-5-7-25-13(10)15(22)19-12/h3-7,9H,8H2,1-2H3,(H,17,21)(H,18,19,22). The first-order valence-electron chi connectivity index (χ1n) is 7.51. The molecule has 3 aromatic heterocycles. The Labute approximate surface area is 146 Å². The molecular formula is C16H16N4O4S. The Morgan fingerprint density at radius 1 is 1.44 bits per heavy atom. The number of H-pyrrole nitrogens is 1. The summed E-state index contributed by atoms with van der Waals surface area (Å²) in [5.74, 6) is -0.258. The molecule has 0 aliphatic rings. The van der Waals surface area contributed by atoms with Crippen molar-refractivity contribution in [3.63, 3.8) is 0 Å². The Kier molecular flexibility index (Phi) is 4.66. The molecule has 0 spiro atoms. The molecule has 1 unspecified atom stereocenters. The minimum Gasteiger partial charge on any atom is -0.459 e. The van der Waals surface area contributed by atoms with Crippen molar-refractivity contribution >= 4 is 33.4 Å². The number of rotatable bonds is 5. The Morgan fingerprint density at radius 2 is 2.24 bits per heavy atom. The van der Waals surface area contributed by atoms with E-state index >= 15 is 0 Å². The SMILES string of the molecule is CC(NC(=O)c1ccco1)C(=O)N(C)Cc1nc2ccsc2c(=O)[nH]1. The summed E-state index contributed by atoms with van der Waals surface area (Å²) >= 11 is 1.32. The summed E-state index contributed by atoms with van der Waals surface area (Å²) in [6, 6.07) is 4.11. The molecule has 25 heavy (non-hydrogen) atoms. The zero-order valence-electron chi connectivity index (χ0n) is 13.6. The van der Waals surface area contributed by atoms with Crippen LogP contribution in [0.3, 0.4) is 0 Å². The molecule has 2 N–H and O–H groups in total. The number of furan rings is 1. The van der Waals surface area contributed by atoms with Crippen LogP contribution in [-0.2, 0) is 11.3 Å². The second kappa shape index (κ2) is 6.89. The number of nitrogens with zero attached hydrogens (tertiary/aromatic N) is 2. The monoisotopic (exact) mass is 360 g/mol. The van der Waals surface area contributed by atoms with Gasteiger partial charge < -0.3 is 19.6 Å². The number of nitrogens with one attached hydrogen (secondary N) is 2. The van der Waals surface area contributed by atoms with Gasteiger partial charge in [0, 0.05) is 7.05 Å². The second-order valence-electron chi connectivity index (χ2n) is 5.51. The Hall–Kier alpha value is -2.94. The summed E-state index contributed by atoms with van der Waals surface area (Å²) < 4.78 is 5.55. The summed E-state index contributed by atoms with van der Waals surface area (Å²) in [6.45, 7) is 1.71. The van der Waals surface area contributed by atoms with E-state index in [-0.39, 0.29) is 23.8 Å². The predicted molar refractivity (Wildman–Crippen MR) is 92.4 cm³/mol. The highest BCUT2D eigenvalue weighted by Gasteiger charge is 2.22. The molecule has 2 amide bonds. The van der Waals surface area contributed by atoms with Crippen LogP contribution >= 0.6 is 11.3 Å². The fraction of sp³-hybridized carbons (Fsp3) is 0.250. The lowest BCUT2D eigenvalue weighted by Gasteiger charge is -2.21. The van der Waals surface area contributed by atoms with Crippen molar-refractivity contribution in [1.82, 2.24) is 20.2 Å². The van der Waals surface area contributed by atoms with E-state index in [0.717, 1.165) is 0 Å². The molecule has 3 rings (SSSR count). The normalized spacial score (nSPS) is 12.1. The van der Waals surface area contributed by atoms with Gasteiger partial charge >= 0.3 is 0 Å². The molecule has 3 heterocycles. The van der Waals surface area contributed by atoms with Crippen molar-refractivity contribution in [2.45, 2.75) is 19.5 Å². The van der Waals surface area contributed by atoms with E-state index in [4.69, 9.17) is 4.42 Å². The number of carbonyl (C=O) groups is 2. The van der Waals surface area contributed by atoms with Crippen LogP contribution in [0.25, 0.3) is 10.2 Å². The number of aromatic nitrogens is 2. The van der Waals surface area contributed by atoms with Crippen molar-refractivity contribution in [3.8, 4) is 0 Å². The van der Waals surface area contributed by atoms with Gasteiger partial charge in [-0.25, -0.2) is 4.98 Å². The number of hydrogen-bond donors (Lipinski definition) is 2. The van der Waals surface area contributed by atoms with E-state index in [9.17, 15) is 14.4 Å². The number of carbonyl (C=O) groups excluding carboxylic acids is 2. The van der Waals surface area contributed by atoms with E-state index in [0.29, 0.717) is 16.0 Å². The molecule has 0 saturated carbocycles. The van der Waals surface area contributed by atoms with Gasteiger partial charge in [0.1, 0.15) is 16.6 Å². The van der Waals surface area contributed by atoms with E-state index in [1.54, 1.807) is 31.5 Å². The molecule has 0 aromatic carbocycles. The quantitative estimate of drug-likeness (QED) is 0.714. The molecule has 3 aromatic rings. The lowest BCUT2D eigenvalue weighted by Crippen LogP contribution is -2.45. The summed E-state index contributed by atoms with van der Waals surface area (Å²) in [4.78, 5) is 44.7. The van der Waals surface area contributed by atoms with Crippen LogP contribution in [0.2, 0.25) is 0 Å². The molecule has 9 heteroatoms. The van der Waals surface area contributed by atoms with Gasteiger partial charge in [-0.2, -0.15) is 0 Å². The second-order valence-corrected chi connectivity index (χ2v) is 6.43. The maximum atomic E-state index is 12.4. The zero-order valence-corrected chi connectivity index (χ0v) is 14.4. The van der Waals surface area contributed by atoms with Crippen molar-refractivity contribution in [3.05, 3.63) is 51.8 Å². The number of hydrogen-bond acceptors (Lipinski definition) is 6. The molecule has 0 fully saturated rings. The van der Waals surface area contributed by atoms with Gasteiger partial charge in [-0.3, -0.25) is 14.4 Å². The van der Waals surface area contributed by atoms with E-state index in [2.05, 4.69) is 15.3 Å². The topological polar surface area (TPSA) is 108 Å². The Morgan fingerprint density at radius 3 is 2.96 bits per heavy atom. The number of likely N-dealkylation sites (N-methyl/N-ethyl adjacent to an activating group) is 1. The fourth-order valence-electron chi connectivity index (χ4n) is 2.37. The summed E-state index contributed by atoms with van der Waals surface area (Å²) in [5, 5.41) is 4.36. The smallest absolute Gasteiger partial charge is 0.287 e. The molecule has 0 saturated heterocycles. The van der Waals surface area contributed by atoms with Crippen molar-refractivity contribution in [2.75, 3.05) is 7.05 Å². The van der Waals surface area contributed by atoms with E-state index in [1.165, 1.54) is 28.6 Å². The minimum atomic E-state index is -0.751. The minimum absolute atomic E-state index is 0.126. The van der Waals surface area contributed by atoms with Gasteiger partial charge in [-0.1, -0.05) is 0 Å². The summed E-state index contributed by atoms with van der Waals surface area (Å²) in [6.07, 6.45) is 1.39. The first-order valence-corrected chi connectivity index (χ1v) is 8.39. The van der Waals surface area contributed by atoms with Gasteiger partial charge in [-0.15, -0.1) is 11.3 Å². The largest absolute Gasteiger partial charge is 0.459 e. The van der Waals surface area contributed by atoms with Crippen molar-refractivity contribution in [1.29, 1.82) is 0 Å². The molecule has 8 nitrogen and oxygen atoms in total. The van der Waals surface area contributed by atoms with Crippen molar-refractivity contribution < 1.29 is 14.0 Å². The highest BCUT2D eigenvalue weighted by atomic mass is 32.1. The highest BCUT2D eigenvalue weighted by molar-refractivity contribution is 7.17. The lowest BCUT2D eigenvalue weighted by molar-refractivity contribution is -0.132. The van der Waals surface area contributed by atoms with E-state index < -0.39 is 11.9 Å². The predicted octanol–water partition coefficient (Wildman–Crippen LogP) is 1.35. The number of amides is 2. The average Bonchev–Trinajstić information content (AvgIpc) is 3.25. The Balaban J connectivity index is 1.66. The number of thiophene rings is 1. The zero-order chi connectivity index (χ0) is 18.0. The van der Waals surface area contributed by atoms with Crippen LogP contribution in [0, 0.1) is 0 Å². The Bertz CT molecular complexity index is 960. The number of fused-ring (bicyclic) bond motifs is 1. The molecule has 130 valence electrons. The highest BCUT2D eigenvalue weighted by Crippen LogP contribution is 2.14. The van der Waals surface area contributed by atoms with Gasteiger partial charge in [0.05, 0.1) is 18.3 Å². The third-order valence-corrected chi connectivity index (χ3v) is 4.49. The molecular weight excluding hydrogens is 344 g/mol. The van der Waals surface area contributed by atoms with E-state index in [1.807, 2.05) is 0 Å². The van der Waals surface area contributed by atoms with Crippen LogP contribution in [0.1, 0.15) is 23.3 Å². The fourth-order valence-corrected chi connectivity index (χ4v) is 3.09. The van der Waals surface area contributed by atoms with Gasteiger partial charge in [0.25, 0.3) is 11.5 Å². The summed E-state index contributed by atoms with van der Waals surface area (Å²) in [5.41, 5.74) is 0.374. The maximum absolute atomic E-state index is 12.4. The molecule has 0 aliphatic carbocycles. The molecule has 0 aliphatic heterocycles. The first-order chi connectivity index (χ1) is 12.0. The van der Waals surface area contributed by atoms with Gasteiger partial charge in [0.15, 0.2) is 5.76 Å². The van der Waals surface area contributed by atoms with Crippen LogP contribution in [0.4, 0.5) is 0 Å². The summed E-state index contributed by atoms with van der Waals surface area (Å²) in [7, 11) is 1.58. The number of aromatic amines is 1. The van der Waals surface area contributed by atoms with Crippen LogP contribution in [0.15, 0.2) is 39.1 Å². The van der Waals surface area contributed by atoms with Crippen LogP contribution in [0.5, 0.6) is 0 Å². The third kappa shape index (κ3) is 3.61. The van der Waals surface area contributed by atoms with Gasteiger partial charge in [0.2, 0.25) is 5.91 Å². The molecule has 0 radical (unpaired) electrons. The van der Waals surface area contributed by atoms with Crippen molar-refractivity contribution in [2.24, 2.45) is 0 Å². The van der Waals surface area contributed by atoms with Crippen LogP contribution < -0.4 is 10.9 Å². The third-order valence-electron chi connectivity index (χ3n) is 3.59. The maximum Gasteiger partial charge on any atom is 0.287 e. The first kappa shape index (κ1) is 16.9. The molecule has 0 bridgehead atoms. The lowest BCUT2D eigenvalue weighted by atomic mass is 10.2.